The standard InChI is InChI=1S/C16H29N3O3/c1-12-15(17-5-9-22-12)16(20)18-14-2-6-19(7-3-14)10-13-4-8-21-11-13/h12-15,17H,2-11H2,1H3,(H,18,20)/t12-,13?,15+/m1/s1. The first-order chi connectivity index (χ1) is 10.7. The Morgan fingerprint density at radius 1 is 1.27 bits per heavy atom. The highest BCUT2D eigenvalue weighted by molar-refractivity contribution is 5.82. The van der Waals surface area contributed by atoms with E-state index in [2.05, 4.69) is 15.5 Å². The highest BCUT2D eigenvalue weighted by Crippen LogP contribution is 2.18. The number of nitrogens with one attached hydrogen (secondary N) is 2. The molecule has 3 aliphatic rings. The molecule has 3 fully saturated rings. The lowest BCUT2D eigenvalue weighted by Gasteiger charge is -2.35. The van der Waals surface area contributed by atoms with Crippen molar-refractivity contribution in [2.45, 2.75) is 44.4 Å². The number of carbonyl (C=O) groups is 1. The summed E-state index contributed by atoms with van der Waals surface area (Å²) in [6.45, 7) is 8.54. The first-order valence-electron chi connectivity index (χ1n) is 8.68. The van der Waals surface area contributed by atoms with Crippen LogP contribution in [0.4, 0.5) is 0 Å². The third-order valence-electron chi connectivity index (χ3n) is 5.07. The molecule has 3 atom stereocenters. The van der Waals surface area contributed by atoms with Crippen LogP contribution in [0.5, 0.6) is 0 Å². The number of ether oxygens (including phenoxy) is 2. The average Bonchev–Trinajstić information content (AvgIpc) is 3.02. The molecule has 0 radical (unpaired) electrons. The fourth-order valence-electron chi connectivity index (χ4n) is 3.67. The van der Waals surface area contributed by atoms with Gasteiger partial charge in [-0.1, -0.05) is 0 Å². The van der Waals surface area contributed by atoms with Gasteiger partial charge >= 0.3 is 0 Å². The van der Waals surface area contributed by atoms with Crippen LogP contribution in [0.3, 0.4) is 0 Å². The summed E-state index contributed by atoms with van der Waals surface area (Å²) in [7, 11) is 0. The maximum absolute atomic E-state index is 12.4. The Morgan fingerprint density at radius 3 is 2.77 bits per heavy atom. The summed E-state index contributed by atoms with van der Waals surface area (Å²) in [5, 5.41) is 6.45. The Kier molecular flexibility index (Phi) is 5.68. The fourth-order valence-corrected chi connectivity index (χ4v) is 3.67. The smallest absolute Gasteiger partial charge is 0.240 e. The number of hydrogen-bond acceptors (Lipinski definition) is 5. The zero-order valence-electron chi connectivity index (χ0n) is 13.6. The van der Waals surface area contributed by atoms with Crippen molar-refractivity contribution in [1.29, 1.82) is 0 Å². The molecule has 3 aliphatic heterocycles. The average molecular weight is 311 g/mol. The van der Waals surface area contributed by atoms with Gasteiger partial charge in [-0.3, -0.25) is 4.79 Å². The van der Waals surface area contributed by atoms with Gasteiger partial charge in [-0.15, -0.1) is 0 Å². The number of morpholine rings is 1. The quantitative estimate of drug-likeness (QED) is 0.764. The third-order valence-corrected chi connectivity index (χ3v) is 5.07. The first-order valence-corrected chi connectivity index (χ1v) is 8.68. The predicted octanol–water partition coefficient (Wildman–Crippen LogP) is -0.0196. The van der Waals surface area contributed by atoms with E-state index in [1.54, 1.807) is 0 Å². The molecule has 3 heterocycles. The van der Waals surface area contributed by atoms with E-state index in [4.69, 9.17) is 9.47 Å². The Balaban J connectivity index is 1.38. The number of rotatable bonds is 4. The van der Waals surface area contributed by atoms with Gasteiger partial charge in [0, 0.05) is 38.8 Å². The molecule has 0 spiro atoms. The monoisotopic (exact) mass is 311 g/mol. The van der Waals surface area contributed by atoms with Gasteiger partial charge in [-0.25, -0.2) is 0 Å². The second kappa shape index (κ2) is 7.73. The van der Waals surface area contributed by atoms with Gasteiger partial charge < -0.3 is 25.0 Å². The molecule has 6 nitrogen and oxygen atoms in total. The topological polar surface area (TPSA) is 62.8 Å². The normalized spacial score (nSPS) is 34.7. The van der Waals surface area contributed by atoms with Crippen LogP contribution in [-0.4, -0.2) is 75.0 Å². The van der Waals surface area contributed by atoms with E-state index in [0.29, 0.717) is 18.6 Å². The summed E-state index contributed by atoms with van der Waals surface area (Å²) in [6.07, 6.45) is 3.24. The lowest BCUT2D eigenvalue weighted by Crippen LogP contribution is -2.58. The fraction of sp³-hybridized carbons (Fsp3) is 0.938. The number of carbonyl (C=O) groups excluding carboxylic acids is 1. The van der Waals surface area contributed by atoms with Crippen molar-refractivity contribution in [1.82, 2.24) is 15.5 Å². The molecule has 0 aliphatic carbocycles. The molecule has 0 saturated carbocycles. The summed E-state index contributed by atoms with van der Waals surface area (Å²) in [5.41, 5.74) is 0. The number of nitrogens with zero attached hydrogens (tertiary/aromatic N) is 1. The van der Waals surface area contributed by atoms with Crippen LogP contribution in [0.1, 0.15) is 26.2 Å². The van der Waals surface area contributed by atoms with Gasteiger partial charge in [0.15, 0.2) is 0 Å². The van der Waals surface area contributed by atoms with Crippen molar-refractivity contribution >= 4 is 5.91 Å². The minimum absolute atomic E-state index is 0.0452. The van der Waals surface area contributed by atoms with Crippen LogP contribution in [-0.2, 0) is 14.3 Å². The maximum Gasteiger partial charge on any atom is 0.240 e. The van der Waals surface area contributed by atoms with Gasteiger partial charge in [-0.2, -0.15) is 0 Å². The molecule has 0 bridgehead atoms. The zero-order valence-corrected chi connectivity index (χ0v) is 13.6. The Morgan fingerprint density at radius 2 is 2.09 bits per heavy atom. The second-order valence-electron chi connectivity index (χ2n) is 6.82. The van der Waals surface area contributed by atoms with E-state index < -0.39 is 0 Å². The van der Waals surface area contributed by atoms with Crippen LogP contribution in [0.15, 0.2) is 0 Å². The highest BCUT2D eigenvalue weighted by Gasteiger charge is 2.31. The van der Waals surface area contributed by atoms with E-state index in [1.807, 2.05) is 6.92 Å². The van der Waals surface area contributed by atoms with E-state index >= 15 is 0 Å². The Hall–Kier alpha value is -0.690. The molecule has 126 valence electrons. The SMILES string of the molecule is C[C@H]1OCCN[C@@H]1C(=O)NC1CCN(CC2CCOC2)CC1. The number of amides is 1. The van der Waals surface area contributed by atoms with Crippen LogP contribution in [0, 0.1) is 5.92 Å². The van der Waals surface area contributed by atoms with E-state index in [9.17, 15) is 4.79 Å². The van der Waals surface area contributed by atoms with Gasteiger partial charge in [0.2, 0.25) is 5.91 Å². The summed E-state index contributed by atoms with van der Waals surface area (Å²) >= 11 is 0. The summed E-state index contributed by atoms with van der Waals surface area (Å²) < 4.78 is 11.0. The van der Waals surface area contributed by atoms with Crippen molar-refractivity contribution in [3.05, 3.63) is 0 Å². The molecular weight excluding hydrogens is 282 g/mol. The predicted molar refractivity (Wildman–Crippen MR) is 83.7 cm³/mol. The molecule has 1 amide bonds. The highest BCUT2D eigenvalue weighted by atomic mass is 16.5. The largest absolute Gasteiger partial charge is 0.381 e. The van der Waals surface area contributed by atoms with E-state index in [0.717, 1.165) is 52.2 Å². The van der Waals surface area contributed by atoms with Crippen LogP contribution < -0.4 is 10.6 Å². The summed E-state index contributed by atoms with van der Waals surface area (Å²) in [6, 6.07) is 0.0990. The Labute approximate surface area is 132 Å². The van der Waals surface area contributed by atoms with E-state index in [-0.39, 0.29) is 18.1 Å². The van der Waals surface area contributed by atoms with Crippen molar-refractivity contribution in [3.63, 3.8) is 0 Å². The van der Waals surface area contributed by atoms with Crippen LogP contribution in [0.25, 0.3) is 0 Å². The molecule has 1 unspecified atom stereocenters. The summed E-state index contributed by atoms with van der Waals surface area (Å²) in [4.78, 5) is 14.9. The number of hydrogen-bond donors (Lipinski definition) is 2. The molecule has 2 N–H and O–H groups in total. The van der Waals surface area contributed by atoms with Crippen molar-refractivity contribution in [2.75, 3.05) is 46.0 Å². The van der Waals surface area contributed by atoms with Crippen LogP contribution in [0.2, 0.25) is 0 Å². The van der Waals surface area contributed by atoms with Gasteiger partial charge in [0.25, 0.3) is 0 Å². The van der Waals surface area contributed by atoms with Crippen molar-refractivity contribution in [2.24, 2.45) is 5.92 Å². The lowest BCUT2D eigenvalue weighted by molar-refractivity contribution is -0.130. The molecule has 22 heavy (non-hydrogen) atoms. The van der Waals surface area contributed by atoms with Gasteiger partial charge in [0.05, 0.1) is 19.3 Å². The first kappa shape index (κ1) is 16.2. The van der Waals surface area contributed by atoms with Crippen LogP contribution >= 0.6 is 0 Å². The Bertz CT molecular complexity index is 366. The zero-order chi connectivity index (χ0) is 15.4. The molecule has 3 rings (SSSR count). The summed E-state index contributed by atoms with van der Waals surface area (Å²) in [5.74, 6) is 0.797. The van der Waals surface area contributed by atoms with Crippen molar-refractivity contribution in [3.8, 4) is 0 Å². The molecule has 0 aromatic rings. The molecular formula is C16H29N3O3. The van der Waals surface area contributed by atoms with E-state index in [1.165, 1.54) is 6.42 Å². The number of likely N-dealkylation sites (tertiary alicyclic amines) is 1. The van der Waals surface area contributed by atoms with Gasteiger partial charge in [-0.05, 0) is 32.1 Å². The molecule has 3 saturated heterocycles. The molecule has 6 heteroatoms. The maximum atomic E-state index is 12.4. The lowest BCUT2D eigenvalue weighted by atomic mass is 10.0. The molecule has 0 aromatic carbocycles. The number of piperidine rings is 1. The third kappa shape index (κ3) is 4.19. The van der Waals surface area contributed by atoms with Crippen molar-refractivity contribution < 1.29 is 14.3 Å². The second-order valence-corrected chi connectivity index (χ2v) is 6.82. The minimum atomic E-state index is -0.206. The molecule has 0 aromatic heterocycles. The van der Waals surface area contributed by atoms with Gasteiger partial charge in [0.1, 0.15) is 6.04 Å². The minimum Gasteiger partial charge on any atom is -0.381 e.